The van der Waals surface area contributed by atoms with Crippen LogP contribution in [0, 0.1) is 27.7 Å². The van der Waals surface area contributed by atoms with Crippen LogP contribution in [0.15, 0.2) is 30.3 Å². The maximum Gasteiger partial charge on any atom is 0.246 e. The first-order valence-electron chi connectivity index (χ1n) is 11.3. The van der Waals surface area contributed by atoms with Gasteiger partial charge in [0, 0.05) is 60.5 Å². The highest BCUT2D eigenvalue weighted by Gasteiger charge is 2.25. The van der Waals surface area contributed by atoms with E-state index in [-0.39, 0.29) is 11.8 Å². The van der Waals surface area contributed by atoms with Crippen molar-refractivity contribution in [3.05, 3.63) is 64.4 Å². The molecule has 3 aromatic rings. The number of amides is 1. The Labute approximate surface area is 194 Å². The summed E-state index contributed by atoms with van der Waals surface area (Å²) in [5.74, 6) is 1.48. The molecule has 1 atom stereocenters. The lowest BCUT2D eigenvalue weighted by molar-refractivity contribution is -0.127. The van der Waals surface area contributed by atoms with Gasteiger partial charge in [-0.15, -0.1) is 0 Å². The summed E-state index contributed by atoms with van der Waals surface area (Å²) < 4.78 is 1.84. The van der Waals surface area contributed by atoms with Gasteiger partial charge in [-0.1, -0.05) is 6.07 Å². The molecule has 0 bridgehead atoms. The Morgan fingerprint density at radius 2 is 1.88 bits per heavy atom. The number of aryl methyl sites for hydroxylation is 4. The summed E-state index contributed by atoms with van der Waals surface area (Å²) in [6.07, 6.45) is 5.51. The van der Waals surface area contributed by atoms with Crippen LogP contribution in [0.3, 0.4) is 0 Å². The van der Waals surface area contributed by atoms with Crippen LogP contribution in [-0.4, -0.2) is 48.6 Å². The van der Waals surface area contributed by atoms with Gasteiger partial charge in [-0.2, -0.15) is 5.10 Å². The van der Waals surface area contributed by atoms with Crippen molar-refractivity contribution in [3.63, 3.8) is 0 Å². The van der Waals surface area contributed by atoms with Crippen molar-refractivity contribution in [2.24, 2.45) is 7.05 Å². The lowest BCUT2D eigenvalue weighted by Gasteiger charge is -2.32. The molecule has 3 aromatic heterocycles. The minimum absolute atomic E-state index is 0.0280. The van der Waals surface area contributed by atoms with E-state index in [0.717, 1.165) is 53.4 Å². The molecule has 1 aliphatic heterocycles. The van der Waals surface area contributed by atoms with E-state index in [1.807, 2.05) is 74.7 Å². The van der Waals surface area contributed by atoms with E-state index in [1.54, 1.807) is 6.08 Å². The number of carbonyl (C=O) groups is 1. The lowest BCUT2D eigenvalue weighted by atomic mass is 9.94. The Bertz CT molecular complexity index is 1180. The average Bonchev–Trinajstić information content (AvgIpc) is 3.02. The van der Waals surface area contributed by atoms with Crippen molar-refractivity contribution in [2.75, 3.05) is 18.4 Å². The third-order valence-electron chi connectivity index (χ3n) is 6.10. The molecule has 8 heteroatoms. The monoisotopic (exact) mass is 445 g/mol. The number of carbonyl (C=O) groups excluding carboxylic acids is 1. The summed E-state index contributed by atoms with van der Waals surface area (Å²) in [4.78, 5) is 28.5. The van der Waals surface area contributed by atoms with Crippen molar-refractivity contribution in [3.8, 4) is 0 Å². The third-order valence-corrected chi connectivity index (χ3v) is 6.10. The van der Waals surface area contributed by atoms with Crippen LogP contribution in [-0.2, 0) is 11.8 Å². The molecule has 0 aliphatic carbocycles. The van der Waals surface area contributed by atoms with Gasteiger partial charge in [0.05, 0.1) is 5.69 Å². The van der Waals surface area contributed by atoms with Gasteiger partial charge in [-0.25, -0.2) is 15.0 Å². The summed E-state index contributed by atoms with van der Waals surface area (Å²) in [7, 11) is 1.92. The largest absolute Gasteiger partial charge is 0.338 e. The molecule has 0 saturated carbocycles. The topological polar surface area (TPSA) is 88.8 Å². The van der Waals surface area contributed by atoms with E-state index in [0.29, 0.717) is 18.3 Å². The Balaban J connectivity index is 1.45. The quantitative estimate of drug-likeness (QED) is 0.597. The van der Waals surface area contributed by atoms with Crippen LogP contribution in [0.2, 0.25) is 0 Å². The first-order valence-corrected chi connectivity index (χ1v) is 11.3. The molecule has 0 aromatic carbocycles. The minimum atomic E-state index is 0.0280. The highest BCUT2D eigenvalue weighted by Crippen LogP contribution is 2.27. The highest BCUT2D eigenvalue weighted by molar-refractivity contribution is 5.92. The Kier molecular flexibility index (Phi) is 6.53. The van der Waals surface area contributed by atoms with Crippen molar-refractivity contribution in [1.82, 2.24) is 29.6 Å². The predicted octanol–water partition coefficient (Wildman–Crippen LogP) is 4.00. The Morgan fingerprint density at radius 3 is 2.58 bits per heavy atom. The van der Waals surface area contributed by atoms with E-state index >= 15 is 0 Å². The van der Waals surface area contributed by atoms with Gasteiger partial charge in [-0.3, -0.25) is 9.48 Å². The van der Waals surface area contributed by atoms with Gasteiger partial charge in [0.25, 0.3) is 0 Å². The number of pyridine rings is 1. The molecule has 1 saturated heterocycles. The fourth-order valence-corrected chi connectivity index (χ4v) is 4.35. The predicted molar refractivity (Wildman–Crippen MR) is 129 cm³/mol. The molecule has 4 heterocycles. The van der Waals surface area contributed by atoms with E-state index in [9.17, 15) is 4.79 Å². The standard InChI is InChI=1S/C25H31N7O/c1-16-14-17(2)27-25(26-16)29-23-10-6-9-22(28-23)20-8-7-13-32(15-20)24(33)12-11-21-18(3)30-31(5)19(21)4/h6,9-12,14,20H,7-8,13,15H2,1-5H3,(H,26,27,28,29)/b12-11+/t20-/m1/s1. The smallest absolute Gasteiger partial charge is 0.246 e. The molecule has 1 amide bonds. The molecule has 33 heavy (non-hydrogen) atoms. The van der Waals surface area contributed by atoms with Gasteiger partial charge < -0.3 is 10.2 Å². The summed E-state index contributed by atoms with van der Waals surface area (Å²) in [6, 6.07) is 7.87. The number of anilines is 2. The van der Waals surface area contributed by atoms with Crippen LogP contribution in [0.4, 0.5) is 11.8 Å². The van der Waals surface area contributed by atoms with Gasteiger partial charge in [0.2, 0.25) is 11.9 Å². The maximum absolute atomic E-state index is 12.9. The van der Waals surface area contributed by atoms with E-state index < -0.39 is 0 Å². The van der Waals surface area contributed by atoms with Gasteiger partial charge in [-0.05, 0) is 64.8 Å². The van der Waals surface area contributed by atoms with E-state index in [4.69, 9.17) is 4.98 Å². The van der Waals surface area contributed by atoms with E-state index in [2.05, 4.69) is 20.4 Å². The first kappa shape index (κ1) is 22.6. The molecule has 8 nitrogen and oxygen atoms in total. The van der Waals surface area contributed by atoms with Crippen LogP contribution >= 0.6 is 0 Å². The van der Waals surface area contributed by atoms with Crippen molar-refractivity contribution >= 4 is 23.7 Å². The highest BCUT2D eigenvalue weighted by atomic mass is 16.2. The fourth-order valence-electron chi connectivity index (χ4n) is 4.35. The number of aromatic nitrogens is 5. The molecule has 4 rings (SSSR count). The first-order chi connectivity index (χ1) is 15.8. The van der Waals surface area contributed by atoms with Gasteiger partial charge in [0.1, 0.15) is 5.82 Å². The summed E-state index contributed by atoms with van der Waals surface area (Å²) in [5.41, 5.74) is 5.78. The second-order valence-electron chi connectivity index (χ2n) is 8.71. The lowest BCUT2D eigenvalue weighted by Crippen LogP contribution is -2.38. The minimum Gasteiger partial charge on any atom is -0.338 e. The Morgan fingerprint density at radius 1 is 1.12 bits per heavy atom. The number of nitrogens with one attached hydrogen (secondary N) is 1. The number of hydrogen-bond donors (Lipinski definition) is 1. The number of hydrogen-bond acceptors (Lipinski definition) is 6. The summed E-state index contributed by atoms with van der Waals surface area (Å²) in [6.45, 7) is 9.29. The SMILES string of the molecule is Cc1cc(C)nc(Nc2cccc([C@@H]3CCCN(C(=O)/C=C/c4c(C)nn(C)c4C)C3)n2)n1. The maximum atomic E-state index is 12.9. The third kappa shape index (κ3) is 5.27. The molecule has 0 spiro atoms. The zero-order chi connectivity index (χ0) is 23.5. The molecule has 1 N–H and O–H groups in total. The molecule has 1 aliphatic rings. The molecule has 0 radical (unpaired) electrons. The number of rotatable bonds is 5. The fraction of sp³-hybridized carbons (Fsp3) is 0.400. The number of nitrogens with zero attached hydrogens (tertiary/aromatic N) is 6. The molecular formula is C25H31N7O. The molecule has 0 unspecified atom stereocenters. The van der Waals surface area contributed by atoms with Gasteiger partial charge >= 0.3 is 0 Å². The normalized spacial score (nSPS) is 16.4. The zero-order valence-electron chi connectivity index (χ0n) is 20.0. The van der Waals surface area contributed by atoms with Crippen LogP contribution < -0.4 is 5.32 Å². The number of piperidine rings is 1. The molecule has 172 valence electrons. The Hall–Kier alpha value is -3.55. The van der Waals surface area contributed by atoms with Gasteiger partial charge in [0.15, 0.2) is 0 Å². The number of likely N-dealkylation sites (tertiary alicyclic amines) is 1. The van der Waals surface area contributed by atoms with Crippen molar-refractivity contribution in [2.45, 2.75) is 46.5 Å². The molecule has 1 fully saturated rings. The van der Waals surface area contributed by atoms with Crippen LogP contribution in [0.1, 0.15) is 52.8 Å². The summed E-state index contributed by atoms with van der Waals surface area (Å²) >= 11 is 0. The summed E-state index contributed by atoms with van der Waals surface area (Å²) in [5, 5.41) is 7.63. The second kappa shape index (κ2) is 9.52. The van der Waals surface area contributed by atoms with E-state index in [1.165, 1.54) is 0 Å². The average molecular weight is 446 g/mol. The van der Waals surface area contributed by atoms with Crippen LogP contribution in [0.5, 0.6) is 0 Å². The second-order valence-corrected chi connectivity index (χ2v) is 8.71. The molecular weight excluding hydrogens is 414 g/mol. The zero-order valence-corrected chi connectivity index (χ0v) is 20.0. The van der Waals surface area contributed by atoms with Crippen LogP contribution in [0.25, 0.3) is 6.08 Å². The van der Waals surface area contributed by atoms with Crippen molar-refractivity contribution < 1.29 is 4.79 Å². The van der Waals surface area contributed by atoms with Crippen molar-refractivity contribution in [1.29, 1.82) is 0 Å².